The van der Waals surface area contributed by atoms with Gasteiger partial charge in [0.25, 0.3) is 0 Å². The molecule has 98 valence electrons. The van der Waals surface area contributed by atoms with Crippen LogP contribution in [0.4, 0.5) is 11.5 Å². The van der Waals surface area contributed by atoms with E-state index in [0.717, 1.165) is 30.1 Å². The molecule has 2 heterocycles. The molecule has 0 unspecified atom stereocenters. The van der Waals surface area contributed by atoms with E-state index in [1.807, 2.05) is 20.9 Å². The van der Waals surface area contributed by atoms with Crippen LogP contribution in [-0.4, -0.2) is 14.8 Å². The van der Waals surface area contributed by atoms with Gasteiger partial charge in [0.05, 0.1) is 24.1 Å². The van der Waals surface area contributed by atoms with Crippen molar-refractivity contribution in [2.75, 3.05) is 11.1 Å². The maximum Gasteiger partial charge on any atom is 0.213 e. The zero-order chi connectivity index (χ0) is 13.1. The van der Waals surface area contributed by atoms with Gasteiger partial charge in [-0.2, -0.15) is 5.10 Å². The summed E-state index contributed by atoms with van der Waals surface area (Å²) in [7, 11) is 1.87. The molecule has 0 saturated heterocycles. The smallest absolute Gasteiger partial charge is 0.213 e. The van der Waals surface area contributed by atoms with Crippen molar-refractivity contribution in [1.82, 2.24) is 14.8 Å². The first-order valence-electron chi connectivity index (χ1n) is 6.14. The Morgan fingerprint density at radius 2 is 2.17 bits per heavy atom. The van der Waals surface area contributed by atoms with Crippen LogP contribution in [0.3, 0.4) is 0 Å². The Morgan fingerprint density at radius 1 is 1.39 bits per heavy atom. The van der Waals surface area contributed by atoms with Crippen molar-refractivity contribution < 1.29 is 4.42 Å². The molecule has 0 aromatic carbocycles. The fourth-order valence-electron chi connectivity index (χ4n) is 1.82. The number of nitrogens with one attached hydrogen (secondary N) is 1. The van der Waals surface area contributed by atoms with Crippen molar-refractivity contribution >= 4 is 11.5 Å². The molecule has 18 heavy (non-hydrogen) atoms. The molecule has 0 aliphatic carbocycles. The molecule has 3 N–H and O–H groups in total. The molecular weight excluding hydrogens is 230 g/mol. The van der Waals surface area contributed by atoms with Gasteiger partial charge in [-0.25, -0.2) is 4.98 Å². The van der Waals surface area contributed by atoms with E-state index in [2.05, 4.69) is 15.4 Å². The van der Waals surface area contributed by atoms with Gasteiger partial charge < -0.3 is 15.5 Å². The third-order valence-corrected chi connectivity index (χ3v) is 2.85. The van der Waals surface area contributed by atoms with Crippen molar-refractivity contribution in [1.29, 1.82) is 0 Å². The second kappa shape index (κ2) is 5.12. The molecule has 0 bridgehead atoms. The lowest BCUT2D eigenvalue weighted by Crippen LogP contribution is -2.06. The molecule has 2 aromatic rings. The molecule has 0 saturated carbocycles. The second-order valence-electron chi connectivity index (χ2n) is 4.11. The lowest BCUT2D eigenvalue weighted by molar-refractivity contribution is 0.465. The van der Waals surface area contributed by atoms with Crippen LogP contribution < -0.4 is 11.1 Å². The first-order chi connectivity index (χ1) is 8.65. The number of nitrogens with two attached hydrogens (primary N) is 1. The number of anilines is 2. The third kappa shape index (κ3) is 2.32. The van der Waals surface area contributed by atoms with Gasteiger partial charge in [-0.1, -0.05) is 13.8 Å². The Morgan fingerprint density at radius 3 is 2.72 bits per heavy atom. The molecule has 6 heteroatoms. The highest BCUT2D eigenvalue weighted by Gasteiger charge is 2.12. The van der Waals surface area contributed by atoms with Crippen LogP contribution in [0.2, 0.25) is 0 Å². The number of rotatable bonds is 5. The van der Waals surface area contributed by atoms with Crippen molar-refractivity contribution in [2.24, 2.45) is 7.05 Å². The topological polar surface area (TPSA) is 81.9 Å². The van der Waals surface area contributed by atoms with E-state index in [1.54, 1.807) is 10.9 Å². The Balaban J connectivity index is 2.08. The highest BCUT2D eigenvalue weighted by molar-refractivity contribution is 5.64. The average molecular weight is 249 g/mol. The van der Waals surface area contributed by atoms with E-state index in [-0.39, 0.29) is 0 Å². The second-order valence-corrected chi connectivity index (χ2v) is 4.11. The molecule has 0 aliphatic rings. The molecule has 2 aromatic heterocycles. The van der Waals surface area contributed by atoms with E-state index >= 15 is 0 Å². The van der Waals surface area contributed by atoms with E-state index < -0.39 is 0 Å². The minimum Gasteiger partial charge on any atom is -0.444 e. The highest BCUT2D eigenvalue weighted by atomic mass is 16.4. The monoisotopic (exact) mass is 249 g/mol. The quantitative estimate of drug-likeness (QED) is 0.843. The lowest BCUT2D eigenvalue weighted by atomic mass is 10.3. The molecule has 0 spiro atoms. The van der Waals surface area contributed by atoms with E-state index in [0.29, 0.717) is 18.1 Å². The summed E-state index contributed by atoms with van der Waals surface area (Å²) in [6.45, 7) is 4.57. The first-order valence-corrected chi connectivity index (χ1v) is 6.14. The van der Waals surface area contributed by atoms with Gasteiger partial charge in [0, 0.05) is 13.5 Å². The summed E-state index contributed by atoms with van der Waals surface area (Å²) in [6.07, 6.45) is 3.42. The minimum absolute atomic E-state index is 0.507. The summed E-state index contributed by atoms with van der Waals surface area (Å²) in [6, 6.07) is 0. The van der Waals surface area contributed by atoms with Crippen LogP contribution in [0.25, 0.3) is 0 Å². The third-order valence-electron chi connectivity index (χ3n) is 2.85. The van der Waals surface area contributed by atoms with Gasteiger partial charge in [-0.3, -0.25) is 4.68 Å². The number of hydrogen-bond donors (Lipinski definition) is 2. The zero-order valence-corrected chi connectivity index (χ0v) is 11.0. The zero-order valence-electron chi connectivity index (χ0n) is 11.0. The van der Waals surface area contributed by atoms with Gasteiger partial charge >= 0.3 is 0 Å². The maximum atomic E-state index is 6.01. The molecule has 0 radical (unpaired) electrons. The van der Waals surface area contributed by atoms with Gasteiger partial charge in [-0.05, 0) is 6.42 Å². The van der Waals surface area contributed by atoms with E-state index in [1.165, 1.54) is 0 Å². The SMILES string of the molecule is CCc1cnc(CNc2c(N)c(CC)nn2C)o1. The van der Waals surface area contributed by atoms with Crippen molar-refractivity contribution in [3.05, 3.63) is 23.5 Å². The minimum atomic E-state index is 0.507. The predicted molar refractivity (Wildman–Crippen MR) is 70.2 cm³/mol. The van der Waals surface area contributed by atoms with Crippen molar-refractivity contribution in [3.63, 3.8) is 0 Å². The van der Waals surface area contributed by atoms with Crippen LogP contribution in [0, 0.1) is 0 Å². The fourth-order valence-corrected chi connectivity index (χ4v) is 1.82. The highest BCUT2D eigenvalue weighted by Crippen LogP contribution is 2.22. The van der Waals surface area contributed by atoms with Crippen LogP contribution in [0.5, 0.6) is 0 Å². The normalized spacial score (nSPS) is 10.8. The van der Waals surface area contributed by atoms with Gasteiger partial charge in [0.15, 0.2) is 0 Å². The molecule has 0 aliphatic heterocycles. The molecule has 0 atom stereocenters. The number of oxazole rings is 1. The van der Waals surface area contributed by atoms with Crippen LogP contribution in [0.15, 0.2) is 10.6 Å². The summed E-state index contributed by atoms with van der Waals surface area (Å²) in [5, 5.41) is 7.55. The number of hydrogen-bond acceptors (Lipinski definition) is 5. The van der Waals surface area contributed by atoms with Gasteiger partial charge in [0.2, 0.25) is 5.89 Å². The van der Waals surface area contributed by atoms with Crippen molar-refractivity contribution in [3.8, 4) is 0 Å². The number of nitrogen functional groups attached to an aromatic ring is 1. The summed E-state index contributed by atoms with van der Waals surface area (Å²) >= 11 is 0. The van der Waals surface area contributed by atoms with Gasteiger partial charge in [0.1, 0.15) is 11.6 Å². The number of aryl methyl sites for hydroxylation is 3. The fraction of sp³-hybridized carbons (Fsp3) is 0.500. The van der Waals surface area contributed by atoms with Gasteiger partial charge in [-0.15, -0.1) is 0 Å². The summed E-state index contributed by atoms with van der Waals surface area (Å²) < 4.78 is 7.27. The summed E-state index contributed by atoms with van der Waals surface area (Å²) in [5.74, 6) is 2.35. The van der Waals surface area contributed by atoms with Crippen LogP contribution >= 0.6 is 0 Å². The molecule has 6 nitrogen and oxygen atoms in total. The number of aromatic nitrogens is 3. The Labute approximate surface area is 106 Å². The van der Waals surface area contributed by atoms with Crippen molar-refractivity contribution in [2.45, 2.75) is 33.2 Å². The Kier molecular flexibility index (Phi) is 3.55. The maximum absolute atomic E-state index is 6.01. The molecular formula is C12H19N5O. The van der Waals surface area contributed by atoms with Crippen LogP contribution in [-0.2, 0) is 26.4 Å². The van der Waals surface area contributed by atoms with E-state index in [4.69, 9.17) is 10.2 Å². The molecule has 2 rings (SSSR count). The molecule has 0 amide bonds. The lowest BCUT2D eigenvalue weighted by Gasteiger charge is -2.05. The van der Waals surface area contributed by atoms with E-state index in [9.17, 15) is 0 Å². The Bertz CT molecular complexity index is 529. The summed E-state index contributed by atoms with van der Waals surface area (Å²) in [4.78, 5) is 4.19. The number of nitrogens with zero attached hydrogens (tertiary/aromatic N) is 3. The summed E-state index contributed by atoms with van der Waals surface area (Å²) in [5.41, 5.74) is 7.61. The average Bonchev–Trinajstić information content (AvgIpc) is 2.93. The standard InChI is InChI=1S/C12H19N5O/c1-4-8-6-14-10(18-8)7-15-12-11(13)9(5-2)16-17(12)3/h6,15H,4-5,7,13H2,1-3H3. The largest absolute Gasteiger partial charge is 0.444 e. The first kappa shape index (κ1) is 12.5. The molecule has 0 fully saturated rings. The van der Waals surface area contributed by atoms with Crippen LogP contribution in [0.1, 0.15) is 31.2 Å². The predicted octanol–water partition coefficient (Wildman–Crippen LogP) is 1.73. The Hall–Kier alpha value is -1.98.